The number of carbonyl (C=O) groups is 1. The number of amides is 1. The van der Waals surface area contributed by atoms with Gasteiger partial charge in [-0.05, 0) is 42.7 Å². The summed E-state index contributed by atoms with van der Waals surface area (Å²) in [5.74, 6) is -0.470. The molecule has 0 atom stereocenters. The van der Waals surface area contributed by atoms with Crippen LogP contribution in [-0.2, 0) is 31.1 Å². The lowest BCUT2D eigenvalue weighted by Gasteiger charge is -2.36. The Labute approximate surface area is 189 Å². The molecular formula is C21H22ClF3N2O4S. The molecule has 0 bridgehead atoms. The van der Waals surface area contributed by atoms with Gasteiger partial charge in [-0.25, -0.2) is 13.1 Å². The fraction of sp³-hybridized carbons (Fsp3) is 0.381. The van der Waals surface area contributed by atoms with Gasteiger partial charge in [0.15, 0.2) is 0 Å². The molecule has 1 aliphatic heterocycles. The van der Waals surface area contributed by atoms with Crippen LogP contribution in [0.1, 0.15) is 24.0 Å². The van der Waals surface area contributed by atoms with Gasteiger partial charge in [-0.1, -0.05) is 35.9 Å². The molecule has 32 heavy (non-hydrogen) atoms. The van der Waals surface area contributed by atoms with Crippen molar-refractivity contribution in [2.24, 2.45) is 0 Å². The Morgan fingerprint density at radius 2 is 1.75 bits per heavy atom. The molecule has 2 N–H and O–H groups in total. The first-order valence-corrected chi connectivity index (χ1v) is 11.7. The van der Waals surface area contributed by atoms with Gasteiger partial charge in [-0.15, -0.1) is 0 Å². The molecule has 0 radical (unpaired) electrons. The molecule has 0 saturated carbocycles. The maximum Gasteiger partial charge on any atom is 0.416 e. The summed E-state index contributed by atoms with van der Waals surface area (Å²) in [5, 5.41) is 2.92. The SMILES string of the molecule is O=C(NCCNS(=O)(=O)c1cccc(Cl)c1)C1(c2cccc(C(F)(F)F)c2)CCOCC1. The van der Waals surface area contributed by atoms with Gasteiger partial charge in [0.25, 0.3) is 0 Å². The largest absolute Gasteiger partial charge is 0.416 e. The topological polar surface area (TPSA) is 84.5 Å². The average Bonchev–Trinajstić information content (AvgIpc) is 2.76. The van der Waals surface area contributed by atoms with Crippen LogP contribution in [0.15, 0.2) is 53.4 Å². The lowest BCUT2D eigenvalue weighted by atomic mass is 9.73. The summed E-state index contributed by atoms with van der Waals surface area (Å²) in [5.41, 5.74) is -1.76. The zero-order valence-electron chi connectivity index (χ0n) is 16.9. The van der Waals surface area contributed by atoms with Crippen LogP contribution in [0.25, 0.3) is 0 Å². The number of alkyl halides is 3. The maximum atomic E-state index is 13.2. The van der Waals surface area contributed by atoms with E-state index < -0.39 is 33.1 Å². The van der Waals surface area contributed by atoms with E-state index in [0.717, 1.165) is 12.1 Å². The zero-order chi connectivity index (χ0) is 23.4. The monoisotopic (exact) mass is 490 g/mol. The van der Waals surface area contributed by atoms with Crippen molar-refractivity contribution in [2.75, 3.05) is 26.3 Å². The summed E-state index contributed by atoms with van der Waals surface area (Å²) in [7, 11) is -3.83. The molecule has 1 saturated heterocycles. The van der Waals surface area contributed by atoms with Crippen LogP contribution >= 0.6 is 11.6 Å². The molecule has 6 nitrogen and oxygen atoms in total. The second-order valence-corrected chi connectivity index (χ2v) is 9.59. The first kappa shape index (κ1) is 24.5. The quantitative estimate of drug-likeness (QED) is 0.582. The highest BCUT2D eigenvalue weighted by Crippen LogP contribution is 2.38. The second kappa shape index (κ2) is 9.78. The van der Waals surface area contributed by atoms with Gasteiger partial charge >= 0.3 is 6.18 Å². The molecule has 2 aromatic carbocycles. The van der Waals surface area contributed by atoms with Crippen molar-refractivity contribution in [2.45, 2.75) is 29.3 Å². The summed E-state index contributed by atoms with van der Waals surface area (Å²) < 4.78 is 71.9. The molecule has 2 aromatic rings. The fourth-order valence-electron chi connectivity index (χ4n) is 3.61. The predicted octanol–water partition coefficient (Wildman–Crippen LogP) is 3.50. The molecule has 3 rings (SSSR count). The normalized spacial score (nSPS) is 16.5. The Morgan fingerprint density at radius 3 is 2.41 bits per heavy atom. The first-order chi connectivity index (χ1) is 15.0. The van der Waals surface area contributed by atoms with Crippen LogP contribution in [0.5, 0.6) is 0 Å². The van der Waals surface area contributed by atoms with Gasteiger partial charge in [0.1, 0.15) is 0 Å². The van der Waals surface area contributed by atoms with E-state index in [2.05, 4.69) is 10.0 Å². The molecule has 1 heterocycles. The first-order valence-electron chi connectivity index (χ1n) is 9.84. The van der Waals surface area contributed by atoms with Gasteiger partial charge < -0.3 is 10.1 Å². The van der Waals surface area contributed by atoms with E-state index in [0.29, 0.717) is 0 Å². The molecule has 1 amide bonds. The smallest absolute Gasteiger partial charge is 0.381 e. The number of nitrogens with one attached hydrogen (secondary N) is 2. The summed E-state index contributed by atoms with van der Waals surface area (Å²) in [6.45, 7) is 0.312. The number of rotatable bonds is 7. The Morgan fingerprint density at radius 1 is 1.06 bits per heavy atom. The predicted molar refractivity (Wildman–Crippen MR) is 113 cm³/mol. The van der Waals surface area contributed by atoms with Crippen LogP contribution in [-0.4, -0.2) is 40.6 Å². The molecule has 1 aliphatic rings. The second-order valence-electron chi connectivity index (χ2n) is 7.38. The van der Waals surface area contributed by atoms with Gasteiger partial charge in [0.2, 0.25) is 15.9 Å². The van der Waals surface area contributed by atoms with Gasteiger partial charge in [0.05, 0.1) is 15.9 Å². The Bertz CT molecular complexity index is 1070. The number of hydrogen-bond donors (Lipinski definition) is 2. The summed E-state index contributed by atoms with van der Waals surface area (Å²) in [6.07, 6.45) is -4.10. The zero-order valence-corrected chi connectivity index (χ0v) is 18.5. The number of hydrogen-bond acceptors (Lipinski definition) is 4. The number of ether oxygens (including phenoxy) is 1. The van der Waals surface area contributed by atoms with Gasteiger partial charge in [-0.2, -0.15) is 13.2 Å². The molecule has 0 aliphatic carbocycles. The molecule has 0 spiro atoms. The lowest BCUT2D eigenvalue weighted by molar-refractivity contribution is -0.138. The Kier molecular flexibility index (Phi) is 7.49. The van der Waals surface area contributed by atoms with E-state index in [1.54, 1.807) is 6.07 Å². The summed E-state index contributed by atoms with van der Waals surface area (Å²) in [4.78, 5) is 13.1. The van der Waals surface area contributed by atoms with Crippen LogP contribution in [0.4, 0.5) is 13.2 Å². The third-order valence-electron chi connectivity index (χ3n) is 5.33. The van der Waals surface area contributed by atoms with Crippen molar-refractivity contribution < 1.29 is 31.1 Å². The molecule has 174 valence electrons. The number of halogens is 4. The maximum absolute atomic E-state index is 13.2. The Balaban J connectivity index is 1.70. The fourth-order valence-corrected chi connectivity index (χ4v) is 4.94. The highest BCUT2D eigenvalue weighted by atomic mass is 35.5. The summed E-state index contributed by atoms with van der Waals surface area (Å²) in [6, 6.07) is 10.5. The van der Waals surface area contributed by atoms with E-state index in [9.17, 15) is 26.4 Å². The molecule has 11 heteroatoms. The van der Waals surface area contributed by atoms with E-state index in [1.165, 1.54) is 30.3 Å². The van der Waals surface area contributed by atoms with Crippen LogP contribution < -0.4 is 10.0 Å². The highest BCUT2D eigenvalue weighted by molar-refractivity contribution is 7.89. The van der Waals surface area contributed by atoms with E-state index in [4.69, 9.17) is 16.3 Å². The van der Waals surface area contributed by atoms with Crippen molar-refractivity contribution >= 4 is 27.5 Å². The van der Waals surface area contributed by atoms with Crippen LogP contribution in [0.3, 0.4) is 0 Å². The van der Waals surface area contributed by atoms with Gasteiger partial charge in [-0.3, -0.25) is 4.79 Å². The highest BCUT2D eigenvalue weighted by Gasteiger charge is 2.43. The molecule has 0 aromatic heterocycles. The van der Waals surface area contributed by atoms with Crippen molar-refractivity contribution in [3.05, 3.63) is 64.7 Å². The number of carbonyl (C=O) groups excluding carboxylic acids is 1. The van der Waals surface area contributed by atoms with Crippen LogP contribution in [0, 0.1) is 0 Å². The van der Waals surface area contributed by atoms with Crippen LogP contribution in [0.2, 0.25) is 5.02 Å². The lowest BCUT2D eigenvalue weighted by Crippen LogP contribution is -2.49. The van der Waals surface area contributed by atoms with Crippen molar-refractivity contribution in [3.8, 4) is 0 Å². The number of benzene rings is 2. The van der Waals surface area contributed by atoms with Gasteiger partial charge in [0, 0.05) is 31.3 Å². The molecular weight excluding hydrogens is 469 g/mol. The van der Waals surface area contributed by atoms with Crippen molar-refractivity contribution in [1.82, 2.24) is 10.0 Å². The minimum Gasteiger partial charge on any atom is -0.381 e. The summed E-state index contributed by atoms with van der Waals surface area (Å²) >= 11 is 5.82. The van der Waals surface area contributed by atoms with Crippen molar-refractivity contribution in [3.63, 3.8) is 0 Å². The molecule has 0 unspecified atom stereocenters. The minimum absolute atomic E-state index is 0.0128. The van der Waals surface area contributed by atoms with E-state index in [-0.39, 0.29) is 54.6 Å². The standard InChI is InChI=1S/C21H22ClF3N2O4S/c22-17-5-2-6-18(14-17)32(29,30)27-10-9-26-19(28)20(7-11-31-12-8-20)15-3-1-4-16(13-15)21(23,24)25/h1-6,13-14,27H,7-12H2,(H,26,28). The number of sulfonamides is 1. The van der Waals surface area contributed by atoms with E-state index in [1.807, 2.05) is 0 Å². The minimum atomic E-state index is -4.53. The third kappa shape index (κ3) is 5.61. The van der Waals surface area contributed by atoms with E-state index >= 15 is 0 Å². The molecule has 1 fully saturated rings. The van der Waals surface area contributed by atoms with Crippen molar-refractivity contribution in [1.29, 1.82) is 0 Å². The third-order valence-corrected chi connectivity index (χ3v) is 7.03. The Hall–Kier alpha value is -2.14. The average molecular weight is 491 g/mol.